The summed E-state index contributed by atoms with van der Waals surface area (Å²) in [7, 11) is -3.44. The van der Waals surface area contributed by atoms with Gasteiger partial charge in [-0.2, -0.15) is 0 Å². The Labute approximate surface area is 110 Å². The Kier molecular flexibility index (Phi) is 3.75. The highest BCUT2D eigenvalue weighted by atomic mass is 79.9. The van der Waals surface area contributed by atoms with Crippen molar-refractivity contribution in [2.24, 2.45) is 0 Å². The molecule has 0 bridgehead atoms. The van der Waals surface area contributed by atoms with Crippen molar-refractivity contribution < 1.29 is 8.42 Å². The summed E-state index contributed by atoms with van der Waals surface area (Å²) >= 11 is 5.82. The van der Waals surface area contributed by atoms with Gasteiger partial charge in [0.15, 0.2) is 0 Å². The monoisotopic (exact) mass is 338 g/mol. The zero-order valence-corrected chi connectivity index (χ0v) is 11.9. The van der Waals surface area contributed by atoms with Gasteiger partial charge in [0.25, 0.3) is 10.0 Å². The summed E-state index contributed by atoms with van der Waals surface area (Å²) < 4.78 is 27.1. The Bertz CT molecular complexity index is 562. The van der Waals surface area contributed by atoms with Gasteiger partial charge < -0.3 is 0 Å². The standard InChI is InChI=1S/C8H7BrN2O2S3/c9-7-1-2-15-8(7)16(12,13)11-3-6-4-14-5-10-6/h1-2,4-5,11H,3H2. The fourth-order valence-electron chi connectivity index (χ4n) is 1.03. The van der Waals surface area contributed by atoms with Crippen LogP contribution in [-0.4, -0.2) is 13.4 Å². The Morgan fingerprint density at radius 2 is 2.31 bits per heavy atom. The Morgan fingerprint density at radius 1 is 1.50 bits per heavy atom. The lowest BCUT2D eigenvalue weighted by atomic mass is 10.5. The van der Waals surface area contributed by atoms with Crippen LogP contribution in [0.1, 0.15) is 5.69 Å². The predicted molar refractivity (Wildman–Crippen MR) is 68.2 cm³/mol. The molecule has 16 heavy (non-hydrogen) atoms. The number of rotatable bonds is 4. The van der Waals surface area contributed by atoms with Crippen molar-refractivity contribution in [3.05, 3.63) is 32.5 Å². The lowest BCUT2D eigenvalue weighted by Gasteiger charge is -2.03. The van der Waals surface area contributed by atoms with Crippen LogP contribution in [0.2, 0.25) is 0 Å². The molecule has 0 radical (unpaired) electrons. The summed E-state index contributed by atoms with van der Waals surface area (Å²) in [5.74, 6) is 0. The Hall–Kier alpha value is -0.280. The normalized spacial score (nSPS) is 11.8. The lowest BCUT2D eigenvalue weighted by Crippen LogP contribution is -2.22. The summed E-state index contributed by atoms with van der Waals surface area (Å²) in [5, 5.41) is 3.54. The van der Waals surface area contributed by atoms with Crippen molar-refractivity contribution in [2.75, 3.05) is 0 Å². The van der Waals surface area contributed by atoms with Gasteiger partial charge in [-0.3, -0.25) is 0 Å². The summed E-state index contributed by atoms with van der Waals surface area (Å²) in [5.41, 5.74) is 2.39. The first-order valence-electron chi connectivity index (χ1n) is 4.19. The number of halogens is 1. The molecule has 2 heterocycles. The third kappa shape index (κ3) is 2.69. The summed E-state index contributed by atoms with van der Waals surface area (Å²) in [6.45, 7) is 0.218. The van der Waals surface area contributed by atoms with Gasteiger partial charge in [-0.05, 0) is 27.4 Å². The van der Waals surface area contributed by atoms with Gasteiger partial charge in [0.1, 0.15) is 4.21 Å². The van der Waals surface area contributed by atoms with Crippen LogP contribution in [-0.2, 0) is 16.6 Å². The van der Waals surface area contributed by atoms with Crippen molar-refractivity contribution >= 4 is 48.6 Å². The fourth-order valence-corrected chi connectivity index (χ4v) is 4.97. The molecule has 0 fully saturated rings. The molecule has 2 aromatic heterocycles. The van der Waals surface area contributed by atoms with E-state index in [-0.39, 0.29) is 6.54 Å². The van der Waals surface area contributed by atoms with Gasteiger partial charge in [-0.25, -0.2) is 18.1 Å². The van der Waals surface area contributed by atoms with Crippen LogP contribution in [0.15, 0.2) is 31.0 Å². The smallest absolute Gasteiger partial charge is 0.248 e. The van der Waals surface area contributed by atoms with E-state index >= 15 is 0 Å². The third-order valence-electron chi connectivity index (χ3n) is 1.76. The molecule has 0 aliphatic rings. The molecule has 0 spiro atoms. The van der Waals surface area contributed by atoms with E-state index in [1.807, 2.05) is 5.38 Å². The van der Waals surface area contributed by atoms with Gasteiger partial charge in [-0.1, -0.05) is 0 Å². The van der Waals surface area contributed by atoms with Gasteiger partial charge in [0, 0.05) is 9.85 Å². The van der Waals surface area contributed by atoms with E-state index in [2.05, 4.69) is 25.6 Å². The van der Waals surface area contributed by atoms with Crippen LogP contribution in [0.5, 0.6) is 0 Å². The minimum absolute atomic E-state index is 0.218. The van der Waals surface area contributed by atoms with Gasteiger partial charge in [-0.15, -0.1) is 22.7 Å². The molecule has 0 unspecified atom stereocenters. The first-order chi connectivity index (χ1) is 7.59. The second-order valence-corrected chi connectivity index (χ2v) is 7.31. The molecule has 0 amide bonds. The molecular formula is C8H7BrN2O2S3. The van der Waals surface area contributed by atoms with Gasteiger partial charge in [0.05, 0.1) is 17.7 Å². The van der Waals surface area contributed by atoms with Crippen LogP contribution in [0.3, 0.4) is 0 Å². The van der Waals surface area contributed by atoms with E-state index in [1.165, 1.54) is 22.7 Å². The fraction of sp³-hybridized carbons (Fsp3) is 0.125. The molecule has 0 aromatic carbocycles. The van der Waals surface area contributed by atoms with E-state index in [9.17, 15) is 8.42 Å². The zero-order chi connectivity index (χ0) is 11.6. The maximum absolute atomic E-state index is 11.9. The molecule has 0 atom stereocenters. The average Bonchev–Trinajstić information content (AvgIpc) is 2.85. The van der Waals surface area contributed by atoms with E-state index in [1.54, 1.807) is 17.0 Å². The molecule has 0 aliphatic heterocycles. The van der Waals surface area contributed by atoms with Gasteiger partial charge in [0.2, 0.25) is 0 Å². The zero-order valence-electron chi connectivity index (χ0n) is 7.88. The third-order valence-corrected chi connectivity index (χ3v) is 6.46. The molecule has 4 nitrogen and oxygen atoms in total. The molecular weight excluding hydrogens is 332 g/mol. The highest BCUT2D eigenvalue weighted by molar-refractivity contribution is 9.10. The van der Waals surface area contributed by atoms with Crippen LogP contribution in [0.25, 0.3) is 0 Å². The molecule has 0 aliphatic carbocycles. The van der Waals surface area contributed by atoms with Crippen molar-refractivity contribution in [1.29, 1.82) is 0 Å². The highest BCUT2D eigenvalue weighted by Crippen LogP contribution is 2.27. The van der Waals surface area contributed by atoms with E-state index in [0.29, 0.717) is 8.68 Å². The van der Waals surface area contributed by atoms with E-state index < -0.39 is 10.0 Å². The number of aromatic nitrogens is 1. The Morgan fingerprint density at radius 3 is 2.88 bits per heavy atom. The van der Waals surface area contributed by atoms with Crippen molar-refractivity contribution in [3.8, 4) is 0 Å². The van der Waals surface area contributed by atoms with Gasteiger partial charge >= 0.3 is 0 Å². The first kappa shape index (κ1) is 12.2. The maximum Gasteiger partial charge on any atom is 0.251 e. The summed E-state index contributed by atoms with van der Waals surface area (Å²) in [6, 6.07) is 1.71. The number of hydrogen-bond donors (Lipinski definition) is 1. The predicted octanol–water partition coefficient (Wildman–Crippen LogP) is 2.45. The largest absolute Gasteiger partial charge is 0.251 e. The summed E-state index contributed by atoms with van der Waals surface area (Å²) in [4.78, 5) is 4.01. The van der Waals surface area contributed by atoms with Crippen molar-refractivity contribution in [1.82, 2.24) is 9.71 Å². The Balaban J connectivity index is 2.13. The molecule has 0 saturated carbocycles. The van der Waals surface area contributed by atoms with E-state index in [4.69, 9.17) is 0 Å². The number of sulfonamides is 1. The lowest BCUT2D eigenvalue weighted by molar-refractivity contribution is 0.582. The van der Waals surface area contributed by atoms with E-state index in [0.717, 1.165) is 5.69 Å². The molecule has 2 aromatic rings. The number of hydrogen-bond acceptors (Lipinski definition) is 5. The molecule has 2 rings (SSSR count). The number of thiophene rings is 1. The first-order valence-corrected chi connectivity index (χ1v) is 8.29. The second-order valence-electron chi connectivity index (χ2n) is 2.86. The highest BCUT2D eigenvalue weighted by Gasteiger charge is 2.18. The SMILES string of the molecule is O=S(=O)(NCc1cscn1)c1sccc1Br. The van der Waals surface area contributed by atoms with Crippen LogP contribution in [0, 0.1) is 0 Å². The second kappa shape index (κ2) is 4.92. The van der Waals surface area contributed by atoms with Crippen LogP contribution < -0.4 is 4.72 Å². The maximum atomic E-state index is 11.9. The quantitative estimate of drug-likeness (QED) is 0.931. The summed E-state index contributed by atoms with van der Waals surface area (Å²) in [6.07, 6.45) is 0. The molecule has 1 N–H and O–H groups in total. The average molecular weight is 339 g/mol. The number of nitrogens with zero attached hydrogens (tertiary/aromatic N) is 1. The molecule has 8 heteroatoms. The topological polar surface area (TPSA) is 59.1 Å². The van der Waals surface area contributed by atoms with Crippen LogP contribution >= 0.6 is 38.6 Å². The van der Waals surface area contributed by atoms with Crippen LogP contribution in [0.4, 0.5) is 0 Å². The molecule has 86 valence electrons. The van der Waals surface area contributed by atoms with Crippen molar-refractivity contribution in [3.63, 3.8) is 0 Å². The number of nitrogens with one attached hydrogen (secondary N) is 1. The number of thiazole rings is 1. The minimum Gasteiger partial charge on any atom is -0.248 e. The van der Waals surface area contributed by atoms with Crippen molar-refractivity contribution in [2.45, 2.75) is 10.8 Å². The minimum atomic E-state index is -3.44. The molecule has 0 saturated heterocycles.